The lowest BCUT2D eigenvalue weighted by Crippen LogP contribution is -2.06. The van der Waals surface area contributed by atoms with Crippen molar-refractivity contribution in [3.05, 3.63) is 24.0 Å². The highest BCUT2D eigenvalue weighted by molar-refractivity contribution is 5.92. The van der Waals surface area contributed by atoms with Crippen LogP contribution in [0.25, 0.3) is 0 Å². The third-order valence-electron chi connectivity index (χ3n) is 1.47. The van der Waals surface area contributed by atoms with Crippen LogP contribution in [0.4, 0.5) is 0 Å². The van der Waals surface area contributed by atoms with Gasteiger partial charge in [-0.25, -0.2) is 4.98 Å². The molecule has 0 atom stereocenters. The van der Waals surface area contributed by atoms with Gasteiger partial charge in [-0.15, -0.1) is 0 Å². The zero-order valence-corrected chi connectivity index (χ0v) is 8.07. The largest absolute Gasteiger partial charge is 0.489 e. The maximum absolute atomic E-state index is 10.9. The van der Waals surface area contributed by atoms with E-state index in [1.807, 2.05) is 13.8 Å². The van der Waals surface area contributed by atoms with Gasteiger partial charge < -0.3 is 4.74 Å². The second-order valence-electron chi connectivity index (χ2n) is 3.10. The standard InChI is InChI=1S/C10H13NO2/c1-7(2)13-9-4-5-10(8(3)12)11-6-9/h4-7H,1-3H3. The topological polar surface area (TPSA) is 39.2 Å². The summed E-state index contributed by atoms with van der Waals surface area (Å²) >= 11 is 0. The van der Waals surface area contributed by atoms with Gasteiger partial charge in [0.05, 0.1) is 12.3 Å². The fourth-order valence-corrected chi connectivity index (χ4v) is 0.930. The SMILES string of the molecule is CC(=O)c1ccc(OC(C)C)cn1. The van der Waals surface area contributed by atoms with Gasteiger partial charge in [0, 0.05) is 6.92 Å². The summed E-state index contributed by atoms with van der Waals surface area (Å²) in [6.45, 7) is 5.38. The molecule has 0 aromatic carbocycles. The molecule has 0 saturated heterocycles. The van der Waals surface area contributed by atoms with Crippen LogP contribution in [0.5, 0.6) is 5.75 Å². The second kappa shape index (κ2) is 4.03. The van der Waals surface area contributed by atoms with E-state index in [1.165, 1.54) is 6.92 Å². The quantitative estimate of drug-likeness (QED) is 0.667. The van der Waals surface area contributed by atoms with Crippen LogP contribution in [0.3, 0.4) is 0 Å². The molecule has 13 heavy (non-hydrogen) atoms. The maximum Gasteiger partial charge on any atom is 0.178 e. The molecule has 0 saturated carbocycles. The highest BCUT2D eigenvalue weighted by atomic mass is 16.5. The van der Waals surface area contributed by atoms with Crippen LogP contribution in [-0.2, 0) is 0 Å². The Bertz CT molecular complexity index is 290. The number of Topliss-reactive ketones (excluding diaryl/α,β-unsaturated/α-hetero) is 1. The molecule has 0 fully saturated rings. The van der Waals surface area contributed by atoms with Gasteiger partial charge in [0.25, 0.3) is 0 Å². The minimum atomic E-state index is -0.0314. The summed E-state index contributed by atoms with van der Waals surface area (Å²) in [6, 6.07) is 3.42. The van der Waals surface area contributed by atoms with Gasteiger partial charge in [0.1, 0.15) is 11.4 Å². The van der Waals surface area contributed by atoms with Gasteiger partial charge in [0.15, 0.2) is 5.78 Å². The number of hydrogen-bond acceptors (Lipinski definition) is 3. The van der Waals surface area contributed by atoms with Crippen molar-refractivity contribution in [2.75, 3.05) is 0 Å². The third kappa shape index (κ3) is 2.86. The molecular weight excluding hydrogens is 166 g/mol. The zero-order chi connectivity index (χ0) is 9.84. The molecule has 0 bridgehead atoms. The smallest absolute Gasteiger partial charge is 0.178 e. The Balaban J connectivity index is 2.75. The molecule has 1 heterocycles. The van der Waals surface area contributed by atoms with E-state index in [9.17, 15) is 4.79 Å². The highest BCUT2D eigenvalue weighted by Gasteiger charge is 2.01. The van der Waals surface area contributed by atoms with Crippen LogP contribution < -0.4 is 4.74 Å². The van der Waals surface area contributed by atoms with Gasteiger partial charge in [-0.05, 0) is 26.0 Å². The van der Waals surface area contributed by atoms with Crippen molar-refractivity contribution in [1.29, 1.82) is 0 Å². The molecule has 0 amide bonds. The number of carbonyl (C=O) groups excluding carboxylic acids is 1. The first kappa shape index (κ1) is 9.71. The van der Waals surface area contributed by atoms with E-state index in [2.05, 4.69) is 4.98 Å². The average Bonchev–Trinajstić information content (AvgIpc) is 2.04. The molecule has 3 heteroatoms. The Hall–Kier alpha value is -1.38. The molecule has 0 aliphatic rings. The fourth-order valence-electron chi connectivity index (χ4n) is 0.930. The van der Waals surface area contributed by atoms with Crippen molar-refractivity contribution in [3.8, 4) is 5.75 Å². The summed E-state index contributed by atoms with van der Waals surface area (Å²) < 4.78 is 5.38. The number of ether oxygens (including phenoxy) is 1. The maximum atomic E-state index is 10.9. The lowest BCUT2D eigenvalue weighted by atomic mass is 10.3. The third-order valence-corrected chi connectivity index (χ3v) is 1.47. The number of ketones is 1. The van der Waals surface area contributed by atoms with E-state index < -0.39 is 0 Å². The van der Waals surface area contributed by atoms with Crippen LogP contribution >= 0.6 is 0 Å². The highest BCUT2D eigenvalue weighted by Crippen LogP contribution is 2.10. The van der Waals surface area contributed by atoms with Crippen molar-refractivity contribution in [2.45, 2.75) is 26.9 Å². The molecule has 0 unspecified atom stereocenters. The summed E-state index contributed by atoms with van der Waals surface area (Å²) in [6.07, 6.45) is 1.70. The molecular formula is C10H13NO2. The van der Waals surface area contributed by atoms with Gasteiger partial charge >= 0.3 is 0 Å². The van der Waals surface area contributed by atoms with Crippen LogP contribution in [0, 0.1) is 0 Å². The number of pyridine rings is 1. The van der Waals surface area contributed by atoms with Crippen molar-refractivity contribution in [3.63, 3.8) is 0 Å². The number of aromatic nitrogens is 1. The lowest BCUT2D eigenvalue weighted by molar-refractivity contribution is 0.101. The number of rotatable bonds is 3. The Morgan fingerprint density at radius 3 is 2.54 bits per heavy atom. The Labute approximate surface area is 77.8 Å². The monoisotopic (exact) mass is 179 g/mol. The molecule has 3 nitrogen and oxygen atoms in total. The number of carbonyl (C=O) groups is 1. The molecule has 0 spiro atoms. The van der Waals surface area contributed by atoms with E-state index in [1.54, 1.807) is 18.3 Å². The van der Waals surface area contributed by atoms with E-state index in [-0.39, 0.29) is 11.9 Å². The van der Waals surface area contributed by atoms with Crippen LogP contribution in [-0.4, -0.2) is 16.9 Å². The minimum Gasteiger partial charge on any atom is -0.489 e. The molecule has 0 aliphatic carbocycles. The summed E-state index contributed by atoms with van der Waals surface area (Å²) in [7, 11) is 0. The van der Waals surface area contributed by atoms with E-state index in [4.69, 9.17) is 4.74 Å². The molecule has 0 aliphatic heterocycles. The molecule has 70 valence electrons. The summed E-state index contributed by atoms with van der Waals surface area (Å²) in [4.78, 5) is 14.8. The Kier molecular flexibility index (Phi) is 3.01. The minimum absolute atomic E-state index is 0.0314. The van der Waals surface area contributed by atoms with Gasteiger partial charge in [-0.3, -0.25) is 4.79 Å². The van der Waals surface area contributed by atoms with Crippen LogP contribution in [0.2, 0.25) is 0 Å². The predicted octanol–water partition coefficient (Wildman–Crippen LogP) is 2.07. The van der Waals surface area contributed by atoms with Crippen molar-refractivity contribution in [2.24, 2.45) is 0 Å². The predicted molar refractivity (Wildman–Crippen MR) is 50.0 cm³/mol. The Morgan fingerprint density at radius 2 is 2.15 bits per heavy atom. The van der Waals surface area contributed by atoms with Crippen LogP contribution in [0.15, 0.2) is 18.3 Å². The van der Waals surface area contributed by atoms with E-state index in [0.29, 0.717) is 11.4 Å². The van der Waals surface area contributed by atoms with Crippen molar-refractivity contribution < 1.29 is 9.53 Å². The molecule has 1 rings (SSSR count). The van der Waals surface area contributed by atoms with E-state index in [0.717, 1.165) is 0 Å². The normalized spacial score (nSPS) is 10.2. The molecule has 1 aromatic heterocycles. The summed E-state index contributed by atoms with van der Waals surface area (Å²) in [5.74, 6) is 0.663. The van der Waals surface area contributed by atoms with Crippen molar-refractivity contribution >= 4 is 5.78 Å². The molecule has 0 N–H and O–H groups in total. The van der Waals surface area contributed by atoms with Crippen molar-refractivity contribution in [1.82, 2.24) is 4.98 Å². The first-order valence-corrected chi connectivity index (χ1v) is 4.23. The molecule has 1 aromatic rings. The molecule has 0 radical (unpaired) electrons. The summed E-state index contributed by atoms with van der Waals surface area (Å²) in [5.41, 5.74) is 0.469. The fraction of sp³-hybridized carbons (Fsp3) is 0.400. The first-order chi connectivity index (χ1) is 6.09. The van der Waals surface area contributed by atoms with Gasteiger partial charge in [-0.1, -0.05) is 0 Å². The lowest BCUT2D eigenvalue weighted by Gasteiger charge is -2.08. The summed E-state index contributed by atoms with van der Waals surface area (Å²) in [5, 5.41) is 0. The zero-order valence-electron chi connectivity index (χ0n) is 8.07. The first-order valence-electron chi connectivity index (χ1n) is 4.23. The second-order valence-corrected chi connectivity index (χ2v) is 3.10. The number of hydrogen-bond donors (Lipinski definition) is 0. The van der Waals surface area contributed by atoms with E-state index >= 15 is 0 Å². The average molecular weight is 179 g/mol. The van der Waals surface area contributed by atoms with Gasteiger partial charge in [0.2, 0.25) is 0 Å². The van der Waals surface area contributed by atoms with Gasteiger partial charge in [-0.2, -0.15) is 0 Å². The Morgan fingerprint density at radius 1 is 1.46 bits per heavy atom. The number of nitrogens with zero attached hydrogens (tertiary/aromatic N) is 1. The van der Waals surface area contributed by atoms with Crippen LogP contribution in [0.1, 0.15) is 31.3 Å².